The highest BCUT2D eigenvalue weighted by Crippen LogP contribution is 2.35. The van der Waals surface area contributed by atoms with E-state index in [4.69, 9.17) is 11.5 Å². The zero-order valence-corrected chi connectivity index (χ0v) is 7.97. The number of hydrogen-bond donors (Lipinski definition) is 2. The Morgan fingerprint density at radius 1 is 1.20 bits per heavy atom. The first-order chi connectivity index (χ1) is 6.86. The van der Waals surface area contributed by atoms with Crippen molar-refractivity contribution in [1.29, 1.82) is 0 Å². The van der Waals surface area contributed by atoms with Crippen LogP contribution in [0.15, 0.2) is 17.1 Å². The van der Waals surface area contributed by atoms with Crippen LogP contribution in [0.2, 0.25) is 0 Å². The predicted molar refractivity (Wildman–Crippen MR) is 53.8 cm³/mol. The molecule has 0 aliphatic carbocycles. The standard InChI is InChI=1S/C9H10F3N3/c1-15-4-5-2-8(14)6(3-7(5)13)9(10,11)12/h2-4H,13-14H2,1H3. The molecule has 1 aromatic carbocycles. The second-order valence-electron chi connectivity index (χ2n) is 2.95. The number of nitrogens with zero attached hydrogens (tertiary/aromatic N) is 1. The summed E-state index contributed by atoms with van der Waals surface area (Å²) in [6.07, 6.45) is -3.13. The van der Waals surface area contributed by atoms with Crippen molar-refractivity contribution < 1.29 is 13.2 Å². The fourth-order valence-electron chi connectivity index (χ4n) is 1.15. The van der Waals surface area contributed by atoms with E-state index in [2.05, 4.69) is 4.99 Å². The number of alkyl halides is 3. The van der Waals surface area contributed by atoms with E-state index in [0.29, 0.717) is 5.56 Å². The molecule has 0 amide bonds. The molecule has 1 aromatic rings. The molecule has 0 saturated carbocycles. The van der Waals surface area contributed by atoms with Gasteiger partial charge in [0.2, 0.25) is 0 Å². The third-order valence-electron chi connectivity index (χ3n) is 1.83. The van der Waals surface area contributed by atoms with Crippen LogP contribution in [0.25, 0.3) is 0 Å². The lowest BCUT2D eigenvalue weighted by molar-refractivity contribution is -0.136. The molecule has 0 fully saturated rings. The van der Waals surface area contributed by atoms with E-state index in [1.807, 2.05) is 0 Å². The van der Waals surface area contributed by atoms with E-state index in [0.717, 1.165) is 12.1 Å². The van der Waals surface area contributed by atoms with Crippen molar-refractivity contribution in [3.8, 4) is 0 Å². The molecule has 0 spiro atoms. The van der Waals surface area contributed by atoms with Gasteiger partial charge >= 0.3 is 6.18 Å². The van der Waals surface area contributed by atoms with E-state index in [9.17, 15) is 13.2 Å². The molecule has 0 aliphatic rings. The first-order valence-electron chi connectivity index (χ1n) is 4.04. The molecule has 6 heteroatoms. The molecule has 0 radical (unpaired) electrons. The monoisotopic (exact) mass is 217 g/mol. The van der Waals surface area contributed by atoms with Gasteiger partial charge in [-0.05, 0) is 12.1 Å². The number of rotatable bonds is 1. The zero-order chi connectivity index (χ0) is 11.6. The van der Waals surface area contributed by atoms with Gasteiger partial charge < -0.3 is 11.5 Å². The van der Waals surface area contributed by atoms with Crippen molar-refractivity contribution in [2.45, 2.75) is 6.18 Å². The van der Waals surface area contributed by atoms with Crippen molar-refractivity contribution in [3.05, 3.63) is 23.3 Å². The van der Waals surface area contributed by atoms with Gasteiger partial charge in [-0.25, -0.2) is 0 Å². The van der Waals surface area contributed by atoms with Gasteiger partial charge in [0.05, 0.1) is 5.56 Å². The number of benzene rings is 1. The fraction of sp³-hybridized carbons (Fsp3) is 0.222. The van der Waals surface area contributed by atoms with Crippen molar-refractivity contribution in [1.82, 2.24) is 0 Å². The second kappa shape index (κ2) is 3.80. The van der Waals surface area contributed by atoms with Crippen LogP contribution in [0, 0.1) is 0 Å². The highest BCUT2D eigenvalue weighted by atomic mass is 19.4. The minimum atomic E-state index is -4.49. The van der Waals surface area contributed by atoms with Crippen molar-refractivity contribution in [2.75, 3.05) is 18.5 Å². The molecule has 0 aromatic heterocycles. The lowest BCUT2D eigenvalue weighted by Crippen LogP contribution is -2.10. The SMILES string of the molecule is CN=Cc1cc(N)c(C(F)(F)F)cc1N. The molecule has 3 nitrogen and oxygen atoms in total. The Morgan fingerprint density at radius 2 is 1.80 bits per heavy atom. The third-order valence-corrected chi connectivity index (χ3v) is 1.83. The summed E-state index contributed by atoms with van der Waals surface area (Å²) in [7, 11) is 1.49. The highest BCUT2D eigenvalue weighted by Gasteiger charge is 2.33. The Morgan fingerprint density at radius 3 is 2.27 bits per heavy atom. The fourth-order valence-corrected chi connectivity index (χ4v) is 1.15. The van der Waals surface area contributed by atoms with Crippen LogP contribution in [0.5, 0.6) is 0 Å². The first-order valence-corrected chi connectivity index (χ1v) is 4.04. The van der Waals surface area contributed by atoms with Crippen LogP contribution < -0.4 is 11.5 Å². The van der Waals surface area contributed by atoms with Gasteiger partial charge in [-0.3, -0.25) is 4.99 Å². The van der Waals surface area contributed by atoms with Crippen LogP contribution >= 0.6 is 0 Å². The van der Waals surface area contributed by atoms with E-state index < -0.39 is 11.7 Å². The molecular formula is C9H10F3N3. The third kappa shape index (κ3) is 2.39. The number of aliphatic imine (C=N–C) groups is 1. The maximum absolute atomic E-state index is 12.4. The average Bonchev–Trinajstić information content (AvgIpc) is 2.09. The van der Waals surface area contributed by atoms with Crippen LogP contribution in [0.4, 0.5) is 24.5 Å². The number of hydrogen-bond acceptors (Lipinski definition) is 3. The van der Waals surface area contributed by atoms with Gasteiger partial charge in [-0.15, -0.1) is 0 Å². The van der Waals surface area contributed by atoms with Gasteiger partial charge in [-0.2, -0.15) is 13.2 Å². The second-order valence-corrected chi connectivity index (χ2v) is 2.95. The summed E-state index contributed by atoms with van der Waals surface area (Å²) in [5.41, 5.74) is 9.80. The molecule has 15 heavy (non-hydrogen) atoms. The van der Waals surface area contributed by atoms with Crippen LogP contribution in [0.3, 0.4) is 0 Å². The number of halogens is 3. The smallest absolute Gasteiger partial charge is 0.398 e. The quantitative estimate of drug-likeness (QED) is 0.557. The normalized spacial score (nSPS) is 12.3. The molecule has 0 aliphatic heterocycles. The molecule has 0 saturated heterocycles. The van der Waals surface area contributed by atoms with Gasteiger partial charge in [0, 0.05) is 30.2 Å². The molecule has 0 heterocycles. The Hall–Kier alpha value is -1.72. The number of anilines is 2. The largest absolute Gasteiger partial charge is 0.418 e. The molecule has 0 unspecified atom stereocenters. The summed E-state index contributed by atoms with van der Waals surface area (Å²) in [6, 6.07) is 1.97. The Balaban J connectivity index is 3.32. The number of nitrogens with two attached hydrogens (primary N) is 2. The van der Waals surface area contributed by atoms with E-state index in [-0.39, 0.29) is 11.4 Å². The minimum absolute atomic E-state index is 0.00197. The molecule has 0 atom stereocenters. The Bertz CT molecular complexity index is 396. The van der Waals surface area contributed by atoms with E-state index in [1.54, 1.807) is 0 Å². The maximum Gasteiger partial charge on any atom is 0.418 e. The topological polar surface area (TPSA) is 64.4 Å². The lowest BCUT2D eigenvalue weighted by Gasteiger charge is -2.12. The van der Waals surface area contributed by atoms with Crippen molar-refractivity contribution >= 4 is 17.6 Å². The lowest BCUT2D eigenvalue weighted by atomic mass is 10.1. The molecule has 1 rings (SSSR count). The summed E-state index contributed by atoms with van der Waals surface area (Å²) < 4.78 is 37.1. The molecule has 82 valence electrons. The maximum atomic E-state index is 12.4. The van der Waals surface area contributed by atoms with Gasteiger partial charge in [0.1, 0.15) is 0 Å². The Labute approximate surface area is 84.6 Å². The molecular weight excluding hydrogens is 207 g/mol. The highest BCUT2D eigenvalue weighted by molar-refractivity contribution is 5.89. The Kier molecular flexibility index (Phi) is 2.88. The predicted octanol–water partition coefficient (Wildman–Crippen LogP) is 1.92. The average molecular weight is 217 g/mol. The van der Waals surface area contributed by atoms with E-state index in [1.165, 1.54) is 13.3 Å². The summed E-state index contributed by atoms with van der Waals surface area (Å²) in [5.74, 6) is 0. The van der Waals surface area contributed by atoms with Gasteiger partial charge in [-0.1, -0.05) is 0 Å². The summed E-state index contributed by atoms with van der Waals surface area (Å²) in [4.78, 5) is 3.66. The summed E-state index contributed by atoms with van der Waals surface area (Å²) in [6.45, 7) is 0. The molecule has 4 N–H and O–H groups in total. The van der Waals surface area contributed by atoms with Gasteiger partial charge in [0.15, 0.2) is 0 Å². The van der Waals surface area contributed by atoms with Crippen LogP contribution in [-0.2, 0) is 6.18 Å². The van der Waals surface area contributed by atoms with E-state index >= 15 is 0 Å². The van der Waals surface area contributed by atoms with Crippen molar-refractivity contribution in [3.63, 3.8) is 0 Å². The first kappa shape index (κ1) is 11.4. The van der Waals surface area contributed by atoms with Crippen LogP contribution in [-0.4, -0.2) is 13.3 Å². The number of nitrogen functional groups attached to an aromatic ring is 2. The minimum Gasteiger partial charge on any atom is -0.398 e. The van der Waals surface area contributed by atoms with Crippen LogP contribution in [0.1, 0.15) is 11.1 Å². The van der Waals surface area contributed by atoms with Gasteiger partial charge in [0.25, 0.3) is 0 Å². The zero-order valence-electron chi connectivity index (χ0n) is 7.97. The summed E-state index contributed by atoms with van der Waals surface area (Å²) >= 11 is 0. The van der Waals surface area contributed by atoms with Crippen molar-refractivity contribution in [2.24, 2.45) is 4.99 Å². The molecule has 0 bridgehead atoms. The summed E-state index contributed by atoms with van der Waals surface area (Å²) in [5, 5.41) is 0.